The van der Waals surface area contributed by atoms with Gasteiger partial charge in [0, 0.05) is 29.7 Å². The van der Waals surface area contributed by atoms with Crippen LogP contribution < -0.4 is 10.1 Å². The van der Waals surface area contributed by atoms with Gasteiger partial charge in [0.05, 0.1) is 25.3 Å². The number of aliphatic hydroxyl groups is 1. The number of nitrogens with zero attached hydrogens (tertiary/aromatic N) is 3. The summed E-state index contributed by atoms with van der Waals surface area (Å²) in [7, 11) is 1.65. The summed E-state index contributed by atoms with van der Waals surface area (Å²) in [6, 6.07) is 9.76. The maximum Gasteiger partial charge on any atom is 0.145 e. The standard InChI is InChI=1S/C17H18N4O2/c1-23-15-5-2-4-11-12(6-8-18-16(11)15)20-13-10-14(22)17(13)21-9-3-7-19-21/h2-9,13-14,17,22H,10H2,1H3,(H,18,20)/t13-,14+,17+/m0/s1. The Hall–Kier alpha value is -2.60. The number of nitrogens with one attached hydrogen (secondary N) is 1. The van der Waals surface area contributed by atoms with E-state index in [0.717, 1.165) is 22.3 Å². The molecule has 1 aliphatic rings. The average Bonchev–Trinajstić information content (AvgIpc) is 3.07. The van der Waals surface area contributed by atoms with Crippen molar-refractivity contribution in [2.45, 2.75) is 24.6 Å². The second-order valence-electron chi connectivity index (χ2n) is 5.75. The molecule has 1 aliphatic carbocycles. The number of hydrogen-bond donors (Lipinski definition) is 2. The van der Waals surface area contributed by atoms with Crippen molar-refractivity contribution in [1.29, 1.82) is 0 Å². The first kappa shape index (κ1) is 14.0. The van der Waals surface area contributed by atoms with E-state index in [0.29, 0.717) is 6.42 Å². The van der Waals surface area contributed by atoms with Crippen LogP contribution in [0.2, 0.25) is 0 Å². The molecule has 0 unspecified atom stereocenters. The normalized spacial score (nSPS) is 23.5. The summed E-state index contributed by atoms with van der Waals surface area (Å²) in [5.41, 5.74) is 1.82. The van der Waals surface area contributed by atoms with E-state index < -0.39 is 0 Å². The van der Waals surface area contributed by atoms with E-state index in [4.69, 9.17) is 4.74 Å². The third-order valence-electron chi connectivity index (χ3n) is 4.43. The van der Waals surface area contributed by atoms with Crippen molar-refractivity contribution >= 4 is 16.6 Å². The molecule has 0 spiro atoms. The van der Waals surface area contributed by atoms with Crippen LogP contribution in [-0.4, -0.2) is 39.1 Å². The third-order valence-corrected chi connectivity index (χ3v) is 4.43. The monoisotopic (exact) mass is 310 g/mol. The molecule has 0 amide bonds. The summed E-state index contributed by atoms with van der Waals surface area (Å²) in [5.74, 6) is 0.753. The van der Waals surface area contributed by atoms with Gasteiger partial charge in [-0.25, -0.2) is 0 Å². The van der Waals surface area contributed by atoms with Gasteiger partial charge in [0.2, 0.25) is 0 Å². The summed E-state index contributed by atoms with van der Waals surface area (Å²) < 4.78 is 7.20. The topological polar surface area (TPSA) is 72.2 Å². The van der Waals surface area contributed by atoms with Gasteiger partial charge in [-0.2, -0.15) is 5.10 Å². The van der Waals surface area contributed by atoms with E-state index in [9.17, 15) is 5.11 Å². The van der Waals surface area contributed by atoms with Crippen molar-refractivity contribution in [3.63, 3.8) is 0 Å². The highest BCUT2D eigenvalue weighted by atomic mass is 16.5. The fourth-order valence-electron chi connectivity index (χ4n) is 3.21. The number of para-hydroxylation sites is 1. The molecule has 2 N–H and O–H groups in total. The van der Waals surface area contributed by atoms with Crippen LogP contribution in [0.1, 0.15) is 12.5 Å². The maximum atomic E-state index is 10.1. The molecular weight excluding hydrogens is 292 g/mol. The van der Waals surface area contributed by atoms with Crippen molar-refractivity contribution in [1.82, 2.24) is 14.8 Å². The Balaban J connectivity index is 1.66. The summed E-state index contributed by atoms with van der Waals surface area (Å²) >= 11 is 0. The van der Waals surface area contributed by atoms with Crippen LogP contribution in [0.25, 0.3) is 10.9 Å². The number of pyridine rings is 1. The molecule has 2 heterocycles. The highest BCUT2D eigenvalue weighted by Gasteiger charge is 2.41. The molecule has 0 aliphatic heterocycles. The van der Waals surface area contributed by atoms with Crippen LogP contribution in [0.5, 0.6) is 5.75 Å². The Kier molecular flexibility index (Phi) is 3.38. The Labute approximate surface area is 133 Å². The number of aromatic nitrogens is 3. The van der Waals surface area contributed by atoms with Crippen molar-refractivity contribution < 1.29 is 9.84 Å². The molecule has 118 valence electrons. The van der Waals surface area contributed by atoms with E-state index in [1.807, 2.05) is 41.2 Å². The average molecular weight is 310 g/mol. The van der Waals surface area contributed by atoms with Gasteiger partial charge in [-0.15, -0.1) is 0 Å². The number of rotatable bonds is 4. The molecule has 0 bridgehead atoms. The first-order valence-corrected chi connectivity index (χ1v) is 7.63. The minimum atomic E-state index is -0.380. The second kappa shape index (κ2) is 5.55. The van der Waals surface area contributed by atoms with Gasteiger partial charge in [0.15, 0.2) is 0 Å². The second-order valence-corrected chi connectivity index (χ2v) is 5.75. The van der Waals surface area contributed by atoms with Gasteiger partial charge in [-0.1, -0.05) is 12.1 Å². The summed E-state index contributed by atoms with van der Waals surface area (Å²) in [5, 5.41) is 18.9. The lowest BCUT2D eigenvalue weighted by molar-refractivity contribution is 0.0134. The van der Waals surface area contributed by atoms with Crippen LogP contribution >= 0.6 is 0 Å². The number of methoxy groups -OCH3 is 1. The quantitative estimate of drug-likeness (QED) is 0.773. The lowest BCUT2D eigenvalue weighted by Gasteiger charge is -2.42. The van der Waals surface area contributed by atoms with Gasteiger partial charge in [0.25, 0.3) is 0 Å². The highest BCUT2D eigenvalue weighted by Crippen LogP contribution is 2.37. The zero-order valence-electron chi connectivity index (χ0n) is 12.8. The molecule has 0 saturated heterocycles. The van der Waals surface area contributed by atoms with Gasteiger partial charge < -0.3 is 15.2 Å². The number of hydrogen-bond acceptors (Lipinski definition) is 5. The van der Waals surface area contributed by atoms with Gasteiger partial charge in [0.1, 0.15) is 11.3 Å². The van der Waals surface area contributed by atoms with Crippen LogP contribution in [0.3, 0.4) is 0 Å². The summed E-state index contributed by atoms with van der Waals surface area (Å²) in [6.07, 6.45) is 5.70. The molecule has 4 rings (SSSR count). The molecule has 3 atom stereocenters. The predicted molar refractivity (Wildman–Crippen MR) is 87.6 cm³/mol. The Morgan fingerprint density at radius 3 is 2.91 bits per heavy atom. The van der Waals surface area contributed by atoms with Crippen LogP contribution in [0, 0.1) is 0 Å². The van der Waals surface area contributed by atoms with E-state index in [2.05, 4.69) is 15.4 Å². The number of anilines is 1. The molecule has 0 radical (unpaired) electrons. The predicted octanol–water partition coefficient (Wildman–Crippen LogP) is 2.23. The molecule has 2 aromatic heterocycles. The summed E-state index contributed by atoms with van der Waals surface area (Å²) in [6.45, 7) is 0. The first-order valence-electron chi connectivity index (χ1n) is 7.63. The van der Waals surface area contributed by atoms with Gasteiger partial charge in [-0.3, -0.25) is 9.67 Å². The Bertz CT molecular complexity index is 819. The fraction of sp³-hybridized carbons (Fsp3) is 0.294. The highest BCUT2D eigenvalue weighted by molar-refractivity contribution is 5.94. The largest absolute Gasteiger partial charge is 0.494 e. The lowest BCUT2D eigenvalue weighted by Crippen LogP contribution is -2.51. The van der Waals surface area contributed by atoms with Crippen molar-refractivity contribution in [2.75, 3.05) is 12.4 Å². The molecular formula is C17H18N4O2. The first-order chi connectivity index (χ1) is 11.3. The SMILES string of the molecule is COc1cccc2c(N[C@H]3C[C@@H](O)[C@@H]3n3cccn3)ccnc12. The van der Waals surface area contributed by atoms with Crippen LogP contribution in [0.15, 0.2) is 48.9 Å². The smallest absolute Gasteiger partial charge is 0.145 e. The van der Waals surface area contributed by atoms with Crippen LogP contribution in [0.4, 0.5) is 5.69 Å². The lowest BCUT2D eigenvalue weighted by atomic mass is 9.82. The zero-order valence-corrected chi connectivity index (χ0v) is 12.8. The maximum absolute atomic E-state index is 10.1. The van der Waals surface area contributed by atoms with E-state index in [1.54, 1.807) is 19.5 Å². The summed E-state index contributed by atoms with van der Waals surface area (Å²) in [4.78, 5) is 4.42. The molecule has 1 saturated carbocycles. The number of benzene rings is 1. The molecule has 1 fully saturated rings. The minimum absolute atomic E-state index is 0.0566. The van der Waals surface area contributed by atoms with Crippen molar-refractivity contribution in [2.24, 2.45) is 0 Å². The van der Waals surface area contributed by atoms with Crippen molar-refractivity contribution in [3.05, 3.63) is 48.9 Å². The number of fused-ring (bicyclic) bond motifs is 1. The van der Waals surface area contributed by atoms with Gasteiger partial charge >= 0.3 is 0 Å². The molecule has 6 heteroatoms. The molecule has 23 heavy (non-hydrogen) atoms. The minimum Gasteiger partial charge on any atom is -0.494 e. The van der Waals surface area contributed by atoms with E-state index in [1.165, 1.54) is 0 Å². The molecule has 1 aromatic carbocycles. The van der Waals surface area contributed by atoms with Crippen molar-refractivity contribution in [3.8, 4) is 5.75 Å². The van der Waals surface area contributed by atoms with E-state index >= 15 is 0 Å². The van der Waals surface area contributed by atoms with E-state index in [-0.39, 0.29) is 18.2 Å². The molecule has 6 nitrogen and oxygen atoms in total. The molecule has 3 aromatic rings. The van der Waals surface area contributed by atoms with Gasteiger partial charge in [-0.05, 0) is 24.6 Å². The number of ether oxygens (including phenoxy) is 1. The Morgan fingerprint density at radius 1 is 1.26 bits per heavy atom. The fourth-order valence-corrected chi connectivity index (χ4v) is 3.21. The third kappa shape index (κ3) is 2.31. The number of aliphatic hydroxyl groups excluding tert-OH is 1. The Morgan fingerprint density at radius 2 is 2.17 bits per heavy atom. The zero-order chi connectivity index (χ0) is 15.8. The van der Waals surface area contributed by atoms with Crippen LogP contribution in [-0.2, 0) is 0 Å².